The number of H-pyrrole nitrogens is 1. The molecule has 0 aliphatic carbocycles. The minimum atomic E-state index is 0.484. The molecule has 2 aromatic heterocycles. The second kappa shape index (κ2) is 5.13. The van der Waals surface area contributed by atoms with Crippen LogP contribution in [0.25, 0.3) is 10.9 Å². The fraction of sp³-hybridized carbons (Fsp3) is 0.235. The Morgan fingerprint density at radius 3 is 2.76 bits per heavy atom. The van der Waals surface area contributed by atoms with E-state index >= 15 is 0 Å². The third-order valence-electron chi connectivity index (χ3n) is 3.75. The Morgan fingerprint density at radius 1 is 1.24 bits per heavy atom. The van der Waals surface area contributed by atoms with E-state index in [9.17, 15) is 0 Å². The summed E-state index contributed by atoms with van der Waals surface area (Å²) in [6, 6.07) is 8.11. The van der Waals surface area contributed by atoms with Crippen molar-refractivity contribution in [3.8, 4) is 0 Å². The van der Waals surface area contributed by atoms with Gasteiger partial charge in [-0.15, -0.1) is 0 Å². The molecular formula is C17H20N4. The number of hydrogen-bond donors (Lipinski definition) is 3. The number of nitrogens with two attached hydrogens (primary N) is 1. The van der Waals surface area contributed by atoms with Crippen molar-refractivity contribution in [1.82, 2.24) is 9.97 Å². The molecule has 4 N–H and O–H groups in total. The number of rotatable bonds is 3. The summed E-state index contributed by atoms with van der Waals surface area (Å²) in [5.74, 6) is 0.484. The summed E-state index contributed by atoms with van der Waals surface area (Å²) in [6.45, 7) is 6.56. The molecule has 0 unspecified atom stereocenters. The van der Waals surface area contributed by atoms with Crippen LogP contribution in [-0.2, 0) is 0 Å². The van der Waals surface area contributed by atoms with E-state index in [-0.39, 0.29) is 0 Å². The molecule has 0 saturated heterocycles. The molecule has 0 amide bonds. The second-order valence-corrected chi connectivity index (χ2v) is 5.67. The number of hydrogen-bond acceptors (Lipinski definition) is 3. The fourth-order valence-corrected chi connectivity index (χ4v) is 2.83. The second-order valence-electron chi connectivity index (χ2n) is 5.67. The number of nitrogens with zero attached hydrogens (tertiary/aromatic N) is 1. The third kappa shape index (κ3) is 2.44. The van der Waals surface area contributed by atoms with Crippen molar-refractivity contribution in [2.24, 2.45) is 0 Å². The maximum absolute atomic E-state index is 5.95. The lowest BCUT2D eigenvalue weighted by Gasteiger charge is -2.10. The van der Waals surface area contributed by atoms with E-state index in [0.29, 0.717) is 11.6 Å². The highest BCUT2D eigenvalue weighted by atomic mass is 14.9. The van der Waals surface area contributed by atoms with Gasteiger partial charge < -0.3 is 16.0 Å². The van der Waals surface area contributed by atoms with Crippen LogP contribution < -0.4 is 11.1 Å². The first-order valence-corrected chi connectivity index (χ1v) is 7.15. The van der Waals surface area contributed by atoms with E-state index in [1.54, 1.807) is 18.5 Å². The standard InChI is InChI=1S/C17H20N4/c1-10(2)17-11(3)20-15-5-4-12(8-13(15)17)21-16-9-19-7-6-14(16)18/h4-10,20-21H,1-3H3,(H2,18,19). The largest absolute Gasteiger partial charge is 0.397 e. The van der Waals surface area contributed by atoms with Gasteiger partial charge in [-0.1, -0.05) is 13.8 Å². The number of anilines is 3. The van der Waals surface area contributed by atoms with Gasteiger partial charge in [0.2, 0.25) is 0 Å². The van der Waals surface area contributed by atoms with Crippen molar-refractivity contribution >= 4 is 28.0 Å². The Labute approximate surface area is 124 Å². The van der Waals surface area contributed by atoms with Crippen molar-refractivity contribution in [2.75, 3.05) is 11.1 Å². The van der Waals surface area contributed by atoms with Crippen molar-refractivity contribution in [1.29, 1.82) is 0 Å². The summed E-state index contributed by atoms with van der Waals surface area (Å²) in [6.07, 6.45) is 3.43. The first-order valence-electron chi connectivity index (χ1n) is 7.15. The van der Waals surface area contributed by atoms with E-state index in [1.807, 2.05) is 0 Å². The van der Waals surface area contributed by atoms with Gasteiger partial charge in [0.1, 0.15) is 0 Å². The van der Waals surface area contributed by atoms with Gasteiger partial charge in [-0.05, 0) is 42.7 Å². The Hall–Kier alpha value is -2.49. The Kier molecular flexibility index (Phi) is 3.29. The topological polar surface area (TPSA) is 66.7 Å². The number of benzene rings is 1. The van der Waals surface area contributed by atoms with Crippen LogP contribution in [0.15, 0.2) is 36.7 Å². The molecule has 0 saturated carbocycles. The van der Waals surface area contributed by atoms with Crippen LogP contribution in [-0.4, -0.2) is 9.97 Å². The van der Waals surface area contributed by atoms with E-state index in [2.05, 4.69) is 54.3 Å². The number of aryl methyl sites for hydroxylation is 1. The third-order valence-corrected chi connectivity index (χ3v) is 3.75. The molecule has 0 bridgehead atoms. The average Bonchev–Trinajstić information content (AvgIpc) is 2.76. The maximum atomic E-state index is 5.95. The molecule has 4 nitrogen and oxygen atoms in total. The molecule has 1 aromatic carbocycles. The van der Waals surface area contributed by atoms with Gasteiger partial charge in [-0.3, -0.25) is 4.98 Å². The Bertz CT molecular complexity index is 787. The molecule has 21 heavy (non-hydrogen) atoms. The van der Waals surface area contributed by atoms with Gasteiger partial charge in [0.15, 0.2) is 0 Å². The number of aromatic nitrogens is 2. The SMILES string of the molecule is Cc1[nH]c2ccc(Nc3cnccc3N)cc2c1C(C)C. The van der Waals surface area contributed by atoms with Crippen molar-refractivity contribution in [3.05, 3.63) is 47.9 Å². The zero-order valence-electron chi connectivity index (χ0n) is 12.6. The predicted octanol–water partition coefficient (Wildman–Crippen LogP) is 4.32. The van der Waals surface area contributed by atoms with Crippen LogP contribution in [0.2, 0.25) is 0 Å². The van der Waals surface area contributed by atoms with Gasteiger partial charge >= 0.3 is 0 Å². The molecule has 0 aliphatic heterocycles. The first-order chi connectivity index (χ1) is 10.1. The van der Waals surface area contributed by atoms with Gasteiger partial charge in [0.05, 0.1) is 17.6 Å². The van der Waals surface area contributed by atoms with E-state index in [0.717, 1.165) is 11.4 Å². The molecule has 2 heterocycles. The summed E-state index contributed by atoms with van der Waals surface area (Å²) in [7, 11) is 0. The van der Waals surface area contributed by atoms with Gasteiger partial charge in [0, 0.05) is 28.5 Å². The summed E-state index contributed by atoms with van der Waals surface area (Å²) >= 11 is 0. The molecule has 108 valence electrons. The number of nitrogens with one attached hydrogen (secondary N) is 2. The van der Waals surface area contributed by atoms with Crippen LogP contribution in [0.4, 0.5) is 17.1 Å². The Balaban J connectivity index is 2.05. The maximum Gasteiger partial charge on any atom is 0.0804 e. The molecule has 0 radical (unpaired) electrons. The number of pyridine rings is 1. The predicted molar refractivity (Wildman–Crippen MR) is 89.1 cm³/mol. The smallest absolute Gasteiger partial charge is 0.0804 e. The lowest BCUT2D eigenvalue weighted by Crippen LogP contribution is -1.96. The van der Waals surface area contributed by atoms with Crippen LogP contribution in [0.1, 0.15) is 31.0 Å². The van der Waals surface area contributed by atoms with E-state index < -0.39 is 0 Å². The zero-order valence-corrected chi connectivity index (χ0v) is 12.6. The van der Waals surface area contributed by atoms with Crippen LogP contribution >= 0.6 is 0 Å². The van der Waals surface area contributed by atoms with Crippen LogP contribution in [0.5, 0.6) is 0 Å². The normalized spacial score (nSPS) is 11.2. The monoisotopic (exact) mass is 280 g/mol. The van der Waals surface area contributed by atoms with Gasteiger partial charge in [0.25, 0.3) is 0 Å². The van der Waals surface area contributed by atoms with Crippen molar-refractivity contribution < 1.29 is 0 Å². The van der Waals surface area contributed by atoms with E-state index in [4.69, 9.17) is 5.73 Å². The molecule has 3 rings (SSSR count). The van der Waals surface area contributed by atoms with Gasteiger partial charge in [-0.2, -0.15) is 0 Å². The molecule has 0 fully saturated rings. The quantitative estimate of drug-likeness (QED) is 0.669. The van der Waals surface area contributed by atoms with Crippen molar-refractivity contribution in [2.45, 2.75) is 26.7 Å². The minimum absolute atomic E-state index is 0.484. The highest BCUT2D eigenvalue weighted by Gasteiger charge is 2.12. The lowest BCUT2D eigenvalue weighted by molar-refractivity contribution is 0.864. The number of fused-ring (bicyclic) bond motifs is 1. The average molecular weight is 280 g/mol. The minimum Gasteiger partial charge on any atom is -0.397 e. The molecule has 0 spiro atoms. The summed E-state index contributed by atoms with van der Waals surface area (Å²) in [4.78, 5) is 7.55. The molecule has 4 heteroatoms. The van der Waals surface area contributed by atoms with Crippen LogP contribution in [0, 0.1) is 6.92 Å². The zero-order chi connectivity index (χ0) is 15.0. The summed E-state index contributed by atoms with van der Waals surface area (Å²) in [5, 5.41) is 4.60. The first kappa shape index (κ1) is 13.5. The van der Waals surface area contributed by atoms with E-state index in [1.165, 1.54) is 22.2 Å². The summed E-state index contributed by atoms with van der Waals surface area (Å²) < 4.78 is 0. The molecule has 0 aliphatic rings. The van der Waals surface area contributed by atoms with Crippen molar-refractivity contribution in [3.63, 3.8) is 0 Å². The number of nitrogen functional groups attached to an aromatic ring is 1. The highest BCUT2D eigenvalue weighted by molar-refractivity contribution is 5.89. The fourth-order valence-electron chi connectivity index (χ4n) is 2.83. The molecule has 0 atom stereocenters. The highest BCUT2D eigenvalue weighted by Crippen LogP contribution is 2.32. The van der Waals surface area contributed by atoms with Gasteiger partial charge in [-0.25, -0.2) is 0 Å². The van der Waals surface area contributed by atoms with Crippen LogP contribution in [0.3, 0.4) is 0 Å². The molecular weight excluding hydrogens is 260 g/mol. The number of aromatic amines is 1. The Morgan fingerprint density at radius 2 is 2.05 bits per heavy atom. The summed E-state index contributed by atoms with van der Waals surface area (Å²) in [5.41, 5.74) is 12.3. The molecule has 3 aromatic rings. The lowest BCUT2D eigenvalue weighted by atomic mass is 9.99.